The maximum absolute atomic E-state index is 2.51. The predicted octanol–water partition coefficient (Wildman–Crippen LogP) is 3.00. The van der Waals surface area contributed by atoms with Crippen molar-refractivity contribution in [3.63, 3.8) is 0 Å². The molecule has 0 saturated carbocycles. The Bertz CT molecular complexity index is 1590. The third-order valence-corrected chi connectivity index (χ3v) is 12.6. The number of aryl methyl sites for hydroxylation is 2. The Labute approximate surface area is 257 Å². The molecular formula is C36H33Cl2Zr. The maximum Gasteiger partial charge on any atom is -1.00 e. The normalized spacial score (nSPS) is 14.5. The van der Waals surface area contributed by atoms with Crippen LogP contribution in [0.15, 0.2) is 91.0 Å². The summed E-state index contributed by atoms with van der Waals surface area (Å²) < 4.78 is 2.07. The van der Waals surface area contributed by atoms with Gasteiger partial charge >= 0.3 is 234 Å². The molecule has 0 nitrogen and oxygen atoms in total. The van der Waals surface area contributed by atoms with Gasteiger partial charge in [-0.3, -0.25) is 0 Å². The summed E-state index contributed by atoms with van der Waals surface area (Å²) in [5.41, 5.74) is 19.2. The standard InChI is InChI=1S/C23H23.C13H10.2ClH.Zr/c1-13-10-14(2)21-19(11-13)12-20-22(18-8-6-7-9-18)16(4)15(3)17(5)23(20)21;1-3-7-12(8-4-1)11-13-9-5-2-6-10-13;;;/h6-8,10-12H,9H2,1-5H3;1-10H;2*1H;/q;;;;+2/p-2. The summed E-state index contributed by atoms with van der Waals surface area (Å²) >= 11 is -1.16. The van der Waals surface area contributed by atoms with Gasteiger partial charge in [0.2, 0.25) is 0 Å². The quantitative estimate of drug-likeness (QED) is 0.327. The zero-order chi connectivity index (χ0) is 25.7. The molecule has 0 aromatic heterocycles. The molecule has 2 aliphatic carbocycles. The van der Waals surface area contributed by atoms with E-state index in [0.717, 1.165) is 6.42 Å². The van der Waals surface area contributed by atoms with E-state index in [1.807, 2.05) is 0 Å². The molecule has 1 atom stereocenters. The molecule has 0 aliphatic heterocycles. The van der Waals surface area contributed by atoms with E-state index in [1.54, 1.807) is 14.3 Å². The number of halogens is 2. The molecule has 0 radical (unpaired) electrons. The van der Waals surface area contributed by atoms with Gasteiger partial charge in [-0.15, -0.1) is 0 Å². The Morgan fingerprint density at radius 3 is 1.85 bits per heavy atom. The molecule has 6 rings (SSSR count). The van der Waals surface area contributed by atoms with E-state index < -0.39 is 22.8 Å². The van der Waals surface area contributed by atoms with E-state index in [0.29, 0.717) is 3.63 Å². The summed E-state index contributed by atoms with van der Waals surface area (Å²) in [6, 6.07) is 27.2. The minimum absolute atomic E-state index is 0. The van der Waals surface area contributed by atoms with E-state index >= 15 is 0 Å². The van der Waals surface area contributed by atoms with Crippen LogP contribution in [0.2, 0.25) is 0 Å². The fourth-order valence-corrected chi connectivity index (χ4v) is 10.8. The SMILES string of the molecule is Cc1cc(C)c2c(c1)[CH]([Zr+2]=[C](c1ccccc1)c1ccccc1)c1c(C3=CC=CC3)c(C)c(C)c(C)c1-2.[Cl-].[Cl-]. The van der Waals surface area contributed by atoms with Crippen molar-refractivity contribution in [1.82, 2.24) is 0 Å². The first kappa shape index (κ1) is 29.7. The molecule has 39 heavy (non-hydrogen) atoms. The molecule has 4 aromatic rings. The van der Waals surface area contributed by atoms with E-state index in [9.17, 15) is 0 Å². The van der Waals surface area contributed by atoms with Crippen molar-refractivity contribution in [2.45, 2.75) is 44.7 Å². The van der Waals surface area contributed by atoms with Gasteiger partial charge in [-0.2, -0.15) is 0 Å². The van der Waals surface area contributed by atoms with Gasteiger partial charge in [0, 0.05) is 0 Å². The number of hydrogen-bond donors (Lipinski definition) is 0. The monoisotopic (exact) mass is 625 g/mol. The van der Waals surface area contributed by atoms with Crippen molar-refractivity contribution in [2.24, 2.45) is 0 Å². The Hall–Kier alpha value is -2.31. The van der Waals surface area contributed by atoms with Crippen molar-refractivity contribution < 1.29 is 47.6 Å². The minimum atomic E-state index is -1.16. The summed E-state index contributed by atoms with van der Waals surface area (Å²) in [4.78, 5) is 0. The Kier molecular flexibility index (Phi) is 9.17. The van der Waals surface area contributed by atoms with E-state index in [-0.39, 0.29) is 24.8 Å². The first-order chi connectivity index (χ1) is 18.0. The second kappa shape index (κ2) is 12.1. The van der Waals surface area contributed by atoms with Crippen LogP contribution in [0.5, 0.6) is 0 Å². The Balaban J connectivity index is 0.00000176. The predicted molar refractivity (Wildman–Crippen MR) is 155 cm³/mol. The van der Waals surface area contributed by atoms with Crippen LogP contribution in [0, 0.1) is 34.6 Å². The van der Waals surface area contributed by atoms with Crippen molar-refractivity contribution in [2.75, 3.05) is 0 Å². The fourth-order valence-electron chi connectivity index (χ4n) is 6.40. The van der Waals surface area contributed by atoms with E-state index in [1.165, 1.54) is 61.2 Å². The smallest absolute Gasteiger partial charge is 1.00 e. The number of allylic oxidation sites excluding steroid dienone is 4. The van der Waals surface area contributed by atoms with Gasteiger partial charge in [0.25, 0.3) is 0 Å². The van der Waals surface area contributed by atoms with Gasteiger partial charge in [0.1, 0.15) is 0 Å². The maximum atomic E-state index is 2.51. The van der Waals surface area contributed by atoms with Crippen molar-refractivity contribution in [1.29, 1.82) is 0 Å². The second-order valence-electron chi connectivity index (χ2n) is 10.6. The second-order valence-corrected chi connectivity index (χ2v) is 14.0. The molecule has 1 unspecified atom stereocenters. The first-order valence-electron chi connectivity index (χ1n) is 13.3. The molecule has 0 bridgehead atoms. The van der Waals surface area contributed by atoms with Gasteiger partial charge < -0.3 is 24.8 Å². The Morgan fingerprint density at radius 1 is 0.692 bits per heavy atom. The van der Waals surface area contributed by atoms with Crippen molar-refractivity contribution in [3.05, 3.63) is 147 Å². The van der Waals surface area contributed by atoms with Crippen LogP contribution in [-0.2, 0) is 22.8 Å². The molecule has 0 N–H and O–H groups in total. The molecule has 0 spiro atoms. The van der Waals surface area contributed by atoms with Gasteiger partial charge in [-0.1, -0.05) is 0 Å². The number of hydrogen-bond acceptors (Lipinski definition) is 0. The van der Waals surface area contributed by atoms with Crippen LogP contribution in [0.4, 0.5) is 0 Å². The van der Waals surface area contributed by atoms with E-state index in [4.69, 9.17) is 0 Å². The largest absolute Gasteiger partial charge is 1.00 e. The van der Waals surface area contributed by atoms with Crippen LogP contribution in [0.25, 0.3) is 16.7 Å². The summed E-state index contributed by atoms with van der Waals surface area (Å²) in [6.45, 7) is 11.7. The number of fused-ring (bicyclic) bond motifs is 3. The summed E-state index contributed by atoms with van der Waals surface area (Å²) in [5, 5.41) is 0. The molecule has 0 fully saturated rings. The van der Waals surface area contributed by atoms with Crippen LogP contribution in [0.3, 0.4) is 0 Å². The summed E-state index contributed by atoms with van der Waals surface area (Å²) in [6.07, 6.45) is 7.96. The first-order valence-corrected chi connectivity index (χ1v) is 16.0. The fraction of sp³-hybridized carbons (Fsp3) is 0.194. The number of benzene rings is 4. The summed E-state index contributed by atoms with van der Waals surface area (Å²) in [7, 11) is 0. The van der Waals surface area contributed by atoms with Gasteiger partial charge in [0.15, 0.2) is 0 Å². The molecule has 4 aromatic carbocycles. The third kappa shape index (κ3) is 5.15. The molecule has 0 saturated heterocycles. The van der Waals surface area contributed by atoms with Crippen molar-refractivity contribution >= 4 is 8.78 Å². The van der Waals surface area contributed by atoms with Gasteiger partial charge in [0.05, 0.1) is 0 Å². The van der Waals surface area contributed by atoms with Crippen molar-refractivity contribution in [3.8, 4) is 11.1 Å². The molecule has 0 heterocycles. The topological polar surface area (TPSA) is 0 Å². The van der Waals surface area contributed by atoms with Gasteiger partial charge in [-0.25, -0.2) is 0 Å². The van der Waals surface area contributed by atoms with E-state index in [2.05, 4.69) is 126 Å². The van der Waals surface area contributed by atoms with Crippen LogP contribution in [0.1, 0.15) is 65.7 Å². The molecule has 3 heteroatoms. The average Bonchev–Trinajstić information content (AvgIpc) is 3.54. The average molecular weight is 628 g/mol. The minimum Gasteiger partial charge on any atom is -1.00 e. The molecule has 195 valence electrons. The van der Waals surface area contributed by atoms with Crippen LogP contribution < -0.4 is 24.8 Å². The molecule has 2 aliphatic rings. The van der Waals surface area contributed by atoms with Crippen LogP contribution in [-0.4, -0.2) is 3.21 Å². The zero-order valence-electron chi connectivity index (χ0n) is 23.2. The number of rotatable bonds is 4. The summed E-state index contributed by atoms with van der Waals surface area (Å²) in [5.74, 6) is 0. The van der Waals surface area contributed by atoms with Gasteiger partial charge in [-0.05, 0) is 0 Å². The molecule has 0 amide bonds. The van der Waals surface area contributed by atoms with Crippen LogP contribution >= 0.6 is 0 Å². The zero-order valence-corrected chi connectivity index (χ0v) is 27.2. The Morgan fingerprint density at radius 2 is 1.28 bits per heavy atom. The molecular weight excluding hydrogens is 595 g/mol. The third-order valence-electron chi connectivity index (χ3n) is 8.28.